The van der Waals surface area contributed by atoms with E-state index in [2.05, 4.69) is 12.1 Å². The van der Waals surface area contributed by atoms with Gasteiger partial charge in [0.25, 0.3) is 0 Å². The quantitative estimate of drug-likeness (QED) is 0.626. The number of carbonyl (C=O) groups is 1. The van der Waals surface area contributed by atoms with Gasteiger partial charge in [0.05, 0.1) is 0 Å². The molecule has 0 N–H and O–H groups in total. The predicted octanol–water partition coefficient (Wildman–Crippen LogP) is 3.01. The maximum Gasteiger partial charge on any atom is 0.167 e. The summed E-state index contributed by atoms with van der Waals surface area (Å²) < 4.78 is 0. The third-order valence-corrected chi connectivity index (χ3v) is 4.80. The number of hydrogen-bond donors (Lipinski definition) is 0. The molecule has 76 valence electrons. The van der Waals surface area contributed by atoms with E-state index in [0.717, 1.165) is 11.5 Å². The van der Waals surface area contributed by atoms with Crippen molar-refractivity contribution in [2.45, 2.75) is 25.2 Å². The third kappa shape index (κ3) is 0.831. The Labute approximate surface area is 89.5 Å². The highest BCUT2D eigenvalue weighted by atomic mass is 16.1. The van der Waals surface area contributed by atoms with Crippen LogP contribution in [0.15, 0.2) is 24.3 Å². The molecule has 15 heavy (non-hydrogen) atoms. The number of Topliss-reactive ketones (excluding diaryl/α,β-unsaturated/α-hetero) is 1. The van der Waals surface area contributed by atoms with Gasteiger partial charge in [0.15, 0.2) is 5.78 Å². The fourth-order valence-corrected chi connectivity index (χ4v) is 4.31. The predicted molar refractivity (Wildman–Crippen MR) is 57.8 cm³/mol. The number of ketones is 1. The molecule has 0 spiro atoms. The Morgan fingerprint density at radius 1 is 1.00 bits per heavy atom. The van der Waals surface area contributed by atoms with E-state index in [1.54, 1.807) is 0 Å². The van der Waals surface area contributed by atoms with Gasteiger partial charge in [-0.25, -0.2) is 0 Å². The van der Waals surface area contributed by atoms with Gasteiger partial charge in [-0.2, -0.15) is 0 Å². The fourth-order valence-electron chi connectivity index (χ4n) is 4.31. The molecule has 2 fully saturated rings. The number of hydrogen-bond acceptors (Lipinski definition) is 1. The first-order valence-electron chi connectivity index (χ1n) is 5.99. The maximum atomic E-state index is 12.3. The van der Waals surface area contributed by atoms with Crippen molar-refractivity contribution in [2.24, 2.45) is 17.8 Å². The highest BCUT2D eigenvalue weighted by molar-refractivity contribution is 6.03. The molecule has 0 aromatic heterocycles. The molecule has 0 heterocycles. The molecule has 0 aliphatic heterocycles. The summed E-state index contributed by atoms with van der Waals surface area (Å²) in [5, 5.41) is 0. The Hall–Kier alpha value is -1.11. The van der Waals surface area contributed by atoms with Crippen LogP contribution in [0, 0.1) is 17.8 Å². The Morgan fingerprint density at radius 3 is 2.60 bits per heavy atom. The lowest BCUT2D eigenvalue weighted by molar-refractivity contribution is 0.0883. The minimum Gasteiger partial charge on any atom is -0.294 e. The summed E-state index contributed by atoms with van der Waals surface area (Å²) in [6.07, 6.45) is 3.97. The molecular weight excluding hydrogens is 184 g/mol. The van der Waals surface area contributed by atoms with Gasteiger partial charge in [-0.15, -0.1) is 0 Å². The van der Waals surface area contributed by atoms with E-state index in [0.29, 0.717) is 23.5 Å². The molecule has 0 unspecified atom stereocenters. The normalized spacial score (nSPS) is 40.7. The molecule has 1 aromatic rings. The summed E-state index contributed by atoms with van der Waals surface area (Å²) in [6.45, 7) is 0. The van der Waals surface area contributed by atoms with Crippen LogP contribution in [0.4, 0.5) is 0 Å². The summed E-state index contributed by atoms with van der Waals surface area (Å²) in [5.41, 5.74) is 2.39. The monoisotopic (exact) mass is 198 g/mol. The van der Waals surface area contributed by atoms with Crippen LogP contribution in [-0.4, -0.2) is 5.78 Å². The van der Waals surface area contributed by atoms with E-state index in [4.69, 9.17) is 0 Å². The lowest BCUT2D eigenvalue weighted by atomic mass is 9.79. The highest BCUT2D eigenvalue weighted by Crippen LogP contribution is 2.61. The molecule has 3 aliphatic carbocycles. The van der Waals surface area contributed by atoms with Crippen LogP contribution in [0.3, 0.4) is 0 Å². The molecule has 1 nitrogen and oxygen atoms in total. The minimum atomic E-state index is 0.362. The largest absolute Gasteiger partial charge is 0.294 e. The number of fused-ring (bicyclic) bond motifs is 7. The molecule has 1 aromatic carbocycles. The van der Waals surface area contributed by atoms with Gasteiger partial charge in [0.1, 0.15) is 0 Å². The van der Waals surface area contributed by atoms with Crippen molar-refractivity contribution in [1.82, 2.24) is 0 Å². The van der Waals surface area contributed by atoms with Crippen LogP contribution in [-0.2, 0) is 0 Å². The number of rotatable bonds is 0. The van der Waals surface area contributed by atoms with Gasteiger partial charge < -0.3 is 0 Å². The third-order valence-electron chi connectivity index (χ3n) is 4.80. The van der Waals surface area contributed by atoms with E-state index in [1.807, 2.05) is 12.1 Å². The summed E-state index contributed by atoms with van der Waals surface area (Å²) in [6, 6.07) is 8.29. The molecule has 1 heteroatoms. The zero-order valence-corrected chi connectivity index (χ0v) is 8.65. The van der Waals surface area contributed by atoms with Crippen LogP contribution in [0.2, 0.25) is 0 Å². The SMILES string of the molecule is O=C1c2ccccc2[C@@H]2[C@H]3CC[C@@H](C3)[C@H]12. The van der Waals surface area contributed by atoms with Gasteiger partial charge in [-0.1, -0.05) is 24.3 Å². The zero-order valence-electron chi connectivity index (χ0n) is 8.65. The molecule has 4 rings (SSSR count). The van der Waals surface area contributed by atoms with Crippen LogP contribution in [0.1, 0.15) is 41.1 Å². The molecule has 4 atom stereocenters. The first kappa shape index (κ1) is 8.09. The Balaban J connectivity index is 1.93. The molecule has 0 amide bonds. The Morgan fingerprint density at radius 2 is 1.73 bits per heavy atom. The summed E-state index contributed by atoms with van der Waals surface area (Å²) >= 11 is 0. The van der Waals surface area contributed by atoms with E-state index in [-0.39, 0.29) is 0 Å². The number of benzene rings is 1. The molecule has 2 saturated carbocycles. The smallest absolute Gasteiger partial charge is 0.167 e. The summed E-state index contributed by atoms with van der Waals surface area (Å²) in [5.74, 6) is 2.92. The van der Waals surface area contributed by atoms with Gasteiger partial charge in [-0.05, 0) is 42.6 Å². The first-order valence-corrected chi connectivity index (χ1v) is 5.99. The summed E-state index contributed by atoms with van der Waals surface area (Å²) in [7, 11) is 0. The second-order valence-electron chi connectivity index (χ2n) is 5.34. The van der Waals surface area contributed by atoms with Crippen molar-refractivity contribution in [3.05, 3.63) is 35.4 Å². The van der Waals surface area contributed by atoms with Gasteiger partial charge in [0, 0.05) is 11.5 Å². The van der Waals surface area contributed by atoms with Crippen LogP contribution >= 0.6 is 0 Å². The summed E-state index contributed by atoms with van der Waals surface area (Å²) in [4.78, 5) is 12.3. The molecular formula is C14H14O. The molecule has 0 saturated heterocycles. The average molecular weight is 198 g/mol. The van der Waals surface area contributed by atoms with E-state index in [1.165, 1.54) is 24.8 Å². The van der Waals surface area contributed by atoms with Crippen molar-refractivity contribution >= 4 is 5.78 Å². The topological polar surface area (TPSA) is 17.1 Å². The van der Waals surface area contributed by atoms with Crippen LogP contribution in [0.5, 0.6) is 0 Å². The van der Waals surface area contributed by atoms with E-state index < -0.39 is 0 Å². The molecule has 0 radical (unpaired) electrons. The average Bonchev–Trinajstić information content (AvgIpc) is 2.92. The minimum absolute atomic E-state index is 0.362. The van der Waals surface area contributed by atoms with Gasteiger partial charge >= 0.3 is 0 Å². The van der Waals surface area contributed by atoms with Crippen molar-refractivity contribution in [3.63, 3.8) is 0 Å². The second-order valence-corrected chi connectivity index (χ2v) is 5.34. The van der Waals surface area contributed by atoms with Crippen molar-refractivity contribution in [2.75, 3.05) is 0 Å². The van der Waals surface area contributed by atoms with Crippen molar-refractivity contribution in [1.29, 1.82) is 0 Å². The fraction of sp³-hybridized carbons (Fsp3) is 0.500. The lowest BCUT2D eigenvalue weighted by Crippen LogP contribution is -2.20. The van der Waals surface area contributed by atoms with E-state index >= 15 is 0 Å². The highest BCUT2D eigenvalue weighted by Gasteiger charge is 2.55. The second kappa shape index (κ2) is 2.52. The van der Waals surface area contributed by atoms with Crippen molar-refractivity contribution < 1.29 is 4.79 Å². The van der Waals surface area contributed by atoms with Gasteiger partial charge in [0.2, 0.25) is 0 Å². The Kier molecular flexibility index (Phi) is 1.36. The molecule has 2 bridgehead atoms. The lowest BCUT2D eigenvalue weighted by Gasteiger charge is -2.23. The standard InChI is InChI=1S/C14H14O/c15-14-11-4-2-1-3-10(11)12-8-5-6-9(7-8)13(12)14/h1-4,8-9,12-13H,5-7H2/t8-,9-,12-,13-/m0/s1. The first-order chi connectivity index (χ1) is 7.36. The number of carbonyl (C=O) groups excluding carboxylic acids is 1. The zero-order chi connectivity index (χ0) is 9.99. The maximum absolute atomic E-state index is 12.3. The van der Waals surface area contributed by atoms with Gasteiger partial charge in [-0.3, -0.25) is 4.79 Å². The van der Waals surface area contributed by atoms with E-state index in [9.17, 15) is 4.79 Å². The van der Waals surface area contributed by atoms with Crippen LogP contribution < -0.4 is 0 Å². The Bertz CT molecular complexity index is 448. The molecule has 3 aliphatic rings. The van der Waals surface area contributed by atoms with Crippen molar-refractivity contribution in [3.8, 4) is 0 Å². The van der Waals surface area contributed by atoms with Crippen LogP contribution in [0.25, 0.3) is 0 Å².